The van der Waals surface area contributed by atoms with Crippen molar-refractivity contribution in [2.45, 2.75) is 12.5 Å². The summed E-state index contributed by atoms with van der Waals surface area (Å²) in [5.74, 6) is -0.824. The van der Waals surface area contributed by atoms with Crippen LogP contribution in [0.5, 0.6) is 0 Å². The Morgan fingerprint density at radius 2 is 2.12 bits per heavy atom. The van der Waals surface area contributed by atoms with Crippen LogP contribution in [0.3, 0.4) is 0 Å². The van der Waals surface area contributed by atoms with Crippen LogP contribution in [-0.2, 0) is 9.47 Å². The molecule has 0 aliphatic carbocycles. The highest BCUT2D eigenvalue weighted by atomic mass is 16.6. The molecule has 26 heavy (non-hydrogen) atoms. The van der Waals surface area contributed by atoms with Crippen LogP contribution in [0, 0.1) is 16.0 Å². The monoisotopic (exact) mass is 365 g/mol. The van der Waals surface area contributed by atoms with Gasteiger partial charge in [-0.1, -0.05) is 0 Å². The predicted molar refractivity (Wildman–Crippen MR) is 93.7 cm³/mol. The molecule has 0 spiro atoms. The van der Waals surface area contributed by atoms with Crippen molar-refractivity contribution < 1.29 is 24.3 Å². The number of hydrogen-bond acceptors (Lipinski definition) is 7. The summed E-state index contributed by atoms with van der Waals surface area (Å²) in [6, 6.07) is 4.06. The van der Waals surface area contributed by atoms with E-state index in [1.165, 1.54) is 12.1 Å². The molecule has 2 aliphatic rings. The van der Waals surface area contributed by atoms with Gasteiger partial charge in [-0.2, -0.15) is 0 Å². The summed E-state index contributed by atoms with van der Waals surface area (Å²) in [7, 11) is 0. The summed E-state index contributed by atoms with van der Waals surface area (Å²) < 4.78 is 11.0. The maximum absolute atomic E-state index is 11.5. The summed E-state index contributed by atoms with van der Waals surface area (Å²) in [4.78, 5) is 24.1. The van der Waals surface area contributed by atoms with Gasteiger partial charge in [0.05, 0.1) is 30.3 Å². The number of anilines is 1. The van der Waals surface area contributed by atoms with Gasteiger partial charge < -0.3 is 19.9 Å². The molecule has 142 valence electrons. The minimum atomic E-state index is -1.19. The van der Waals surface area contributed by atoms with Gasteiger partial charge in [0.25, 0.3) is 5.69 Å². The Hall–Kier alpha value is -2.23. The Kier molecular flexibility index (Phi) is 6.02. The van der Waals surface area contributed by atoms with Crippen LogP contribution in [0.2, 0.25) is 0 Å². The second-order valence-electron chi connectivity index (χ2n) is 6.51. The molecule has 2 saturated heterocycles. The van der Waals surface area contributed by atoms with Gasteiger partial charge in [0.1, 0.15) is 0 Å². The number of morpholine rings is 1. The molecule has 9 nitrogen and oxygen atoms in total. The van der Waals surface area contributed by atoms with Crippen LogP contribution >= 0.6 is 0 Å². The summed E-state index contributed by atoms with van der Waals surface area (Å²) >= 11 is 0. The zero-order chi connectivity index (χ0) is 18.5. The summed E-state index contributed by atoms with van der Waals surface area (Å²) in [5.41, 5.74) is 0.0600. The maximum atomic E-state index is 11.5. The van der Waals surface area contributed by atoms with Crippen molar-refractivity contribution in [3.05, 3.63) is 33.9 Å². The van der Waals surface area contributed by atoms with Crippen molar-refractivity contribution in [2.24, 2.45) is 5.92 Å². The van der Waals surface area contributed by atoms with Gasteiger partial charge in [-0.3, -0.25) is 15.0 Å². The van der Waals surface area contributed by atoms with E-state index in [0.29, 0.717) is 38.0 Å². The Labute approximate surface area is 151 Å². The average molecular weight is 365 g/mol. The van der Waals surface area contributed by atoms with Gasteiger partial charge in [-0.25, -0.2) is 4.79 Å². The van der Waals surface area contributed by atoms with Gasteiger partial charge >= 0.3 is 5.97 Å². The molecule has 0 aromatic heterocycles. The van der Waals surface area contributed by atoms with E-state index in [9.17, 15) is 20.0 Å². The van der Waals surface area contributed by atoms with Crippen LogP contribution in [0.4, 0.5) is 11.4 Å². The molecule has 0 radical (unpaired) electrons. The number of carbonyl (C=O) groups is 1. The first-order valence-electron chi connectivity index (χ1n) is 8.71. The Morgan fingerprint density at radius 3 is 2.73 bits per heavy atom. The fraction of sp³-hybridized carbons (Fsp3) is 0.588. The number of benzene rings is 1. The molecule has 0 unspecified atom stereocenters. The van der Waals surface area contributed by atoms with Crippen LogP contribution < -0.4 is 5.32 Å². The SMILES string of the molecule is O=C(O)c1cc([N+](=O)[O-])ccc1NC[C@@H]([C@H]1CCOC1)N1CCOCC1. The first-order valence-corrected chi connectivity index (χ1v) is 8.71. The maximum Gasteiger partial charge on any atom is 0.338 e. The highest BCUT2D eigenvalue weighted by Gasteiger charge is 2.31. The number of carboxylic acid groups (broad SMARTS) is 1. The smallest absolute Gasteiger partial charge is 0.338 e. The standard InChI is InChI=1S/C17H23N3O6/c21-17(22)14-9-13(20(23)24)1-2-15(14)18-10-16(12-3-6-26-11-12)19-4-7-25-8-5-19/h1-2,9,12,16,18H,3-8,10-11H2,(H,21,22)/t12-,16-/m0/s1. The van der Waals surface area contributed by atoms with E-state index in [2.05, 4.69) is 10.2 Å². The first kappa shape index (κ1) is 18.6. The topological polar surface area (TPSA) is 114 Å². The number of carboxylic acids is 1. The second kappa shape index (κ2) is 8.43. The largest absolute Gasteiger partial charge is 0.478 e. The second-order valence-corrected chi connectivity index (χ2v) is 6.51. The zero-order valence-electron chi connectivity index (χ0n) is 14.4. The van der Waals surface area contributed by atoms with Crippen molar-refractivity contribution in [3.8, 4) is 0 Å². The number of nitrogens with zero attached hydrogens (tertiary/aromatic N) is 2. The van der Waals surface area contributed by atoms with Crippen LogP contribution in [0.25, 0.3) is 0 Å². The molecule has 9 heteroatoms. The van der Waals surface area contributed by atoms with E-state index >= 15 is 0 Å². The van der Waals surface area contributed by atoms with Crippen LogP contribution in [0.1, 0.15) is 16.8 Å². The number of rotatable bonds is 7. The van der Waals surface area contributed by atoms with Crippen molar-refractivity contribution in [3.63, 3.8) is 0 Å². The van der Waals surface area contributed by atoms with Crippen molar-refractivity contribution in [2.75, 3.05) is 51.4 Å². The van der Waals surface area contributed by atoms with Crippen LogP contribution in [-0.4, -0.2) is 73.0 Å². The molecule has 2 fully saturated rings. The summed E-state index contributed by atoms with van der Waals surface area (Å²) in [6.07, 6.45) is 0.968. The fourth-order valence-corrected chi connectivity index (χ4v) is 3.55. The molecule has 1 aromatic rings. The Morgan fingerprint density at radius 1 is 1.35 bits per heavy atom. The van der Waals surface area contributed by atoms with Gasteiger partial charge in [0.15, 0.2) is 0 Å². The van der Waals surface area contributed by atoms with Crippen LogP contribution in [0.15, 0.2) is 18.2 Å². The molecular weight excluding hydrogens is 342 g/mol. The molecule has 0 bridgehead atoms. The molecule has 1 aromatic carbocycles. The third kappa shape index (κ3) is 4.29. The highest BCUT2D eigenvalue weighted by molar-refractivity contribution is 5.95. The molecular formula is C17H23N3O6. The molecule has 0 saturated carbocycles. The number of ether oxygens (including phenoxy) is 2. The molecule has 2 atom stereocenters. The Balaban J connectivity index is 1.75. The van der Waals surface area contributed by atoms with E-state index < -0.39 is 10.9 Å². The number of nitro benzene ring substituents is 1. The van der Waals surface area contributed by atoms with Gasteiger partial charge in [0.2, 0.25) is 0 Å². The van der Waals surface area contributed by atoms with Crippen molar-refractivity contribution in [1.82, 2.24) is 4.90 Å². The average Bonchev–Trinajstić information content (AvgIpc) is 3.17. The molecule has 3 rings (SSSR count). The minimum absolute atomic E-state index is 0.0948. The number of non-ortho nitro benzene ring substituents is 1. The number of aromatic carboxylic acids is 1. The third-order valence-electron chi connectivity index (χ3n) is 4.97. The van der Waals surface area contributed by atoms with E-state index in [1.54, 1.807) is 0 Å². The van der Waals surface area contributed by atoms with E-state index in [4.69, 9.17) is 9.47 Å². The van der Waals surface area contributed by atoms with Crippen molar-refractivity contribution >= 4 is 17.3 Å². The highest BCUT2D eigenvalue weighted by Crippen LogP contribution is 2.25. The lowest BCUT2D eigenvalue weighted by Gasteiger charge is -2.37. The van der Waals surface area contributed by atoms with Crippen molar-refractivity contribution in [1.29, 1.82) is 0 Å². The lowest BCUT2D eigenvalue weighted by atomic mass is 9.96. The van der Waals surface area contributed by atoms with Gasteiger partial charge in [0, 0.05) is 56.0 Å². The number of hydrogen-bond donors (Lipinski definition) is 2. The van der Waals surface area contributed by atoms with E-state index in [-0.39, 0.29) is 17.3 Å². The number of nitro groups is 1. The normalized spacial score (nSPS) is 22.1. The molecule has 2 heterocycles. The zero-order valence-corrected chi connectivity index (χ0v) is 14.4. The van der Waals surface area contributed by atoms with E-state index in [0.717, 1.165) is 32.2 Å². The summed E-state index contributed by atoms with van der Waals surface area (Å²) in [5, 5.41) is 23.5. The van der Waals surface area contributed by atoms with Gasteiger partial charge in [-0.05, 0) is 12.5 Å². The quantitative estimate of drug-likeness (QED) is 0.551. The lowest BCUT2D eigenvalue weighted by Crippen LogP contribution is -2.50. The first-order chi connectivity index (χ1) is 12.6. The molecule has 2 aliphatic heterocycles. The third-order valence-corrected chi connectivity index (χ3v) is 4.97. The van der Waals surface area contributed by atoms with Gasteiger partial charge in [-0.15, -0.1) is 0 Å². The predicted octanol–water partition coefficient (Wildman–Crippen LogP) is 1.44. The fourth-order valence-electron chi connectivity index (χ4n) is 3.55. The lowest BCUT2D eigenvalue weighted by molar-refractivity contribution is -0.384. The molecule has 0 amide bonds. The molecule has 2 N–H and O–H groups in total. The number of nitrogens with one attached hydrogen (secondary N) is 1. The summed E-state index contributed by atoms with van der Waals surface area (Å²) in [6.45, 7) is 5.00. The van der Waals surface area contributed by atoms with E-state index in [1.807, 2.05) is 0 Å². The Bertz CT molecular complexity index is 656. The minimum Gasteiger partial charge on any atom is -0.478 e.